The van der Waals surface area contributed by atoms with Crippen LogP contribution in [-0.2, 0) is 9.59 Å². The summed E-state index contributed by atoms with van der Waals surface area (Å²) in [7, 11) is 1.50. The molecule has 0 fully saturated rings. The number of hydrogen-bond acceptors (Lipinski definition) is 5. The molecule has 1 heterocycles. The maximum absolute atomic E-state index is 12.9. The van der Waals surface area contributed by atoms with Gasteiger partial charge in [-0.25, -0.2) is 0 Å². The molecule has 3 rings (SSSR count). The first kappa shape index (κ1) is 19.4. The normalized spacial score (nSPS) is 15.0. The van der Waals surface area contributed by atoms with E-state index < -0.39 is 0 Å². The summed E-state index contributed by atoms with van der Waals surface area (Å²) in [4.78, 5) is 24.4. The SMILES string of the molecule is CCC(=O)Oc1ccc(/C=C2/C(=O)N(c3ccc(C)cc3)N=C2C)cc1OC. The summed E-state index contributed by atoms with van der Waals surface area (Å²) in [6, 6.07) is 12.8. The van der Waals surface area contributed by atoms with Crippen LogP contribution >= 0.6 is 0 Å². The standard InChI is InChI=1S/C22H22N2O4/c1-5-21(25)28-19-11-8-16(13-20(19)27-4)12-18-15(3)23-24(22(18)26)17-9-6-14(2)7-10-17/h6-13H,5H2,1-4H3/b18-12+. The van der Waals surface area contributed by atoms with E-state index in [1.165, 1.54) is 12.1 Å². The number of amides is 1. The third-order valence-corrected chi connectivity index (χ3v) is 4.35. The number of carbonyl (C=O) groups excluding carboxylic acids is 2. The molecule has 0 atom stereocenters. The first-order chi connectivity index (χ1) is 13.4. The van der Waals surface area contributed by atoms with Crippen LogP contribution in [0.3, 0.4) is 0 Å². The highest BCUT2D eigenvalue weighted by molar-refractivity contribution is 6.32. The molecule has 28 heavy (non-hydrogen) atoms. The van der Waals surface area contributed by atoms with E-state index in [-0.39, 0.29) is 18.3 Å². The summed E-state index contributed by atoms with van der Waals surface area (Å²) < 4.78 is 10.6. The minimum Gasteiger partial charge on any atom is -0.493 e. The van der Waals surface area contributed by atoms with Gasteiger partial charge in [0.15, 0.2) is 11.5 Å². The molecule has 0 bridgehead atoms. The zero-order valence-corrected chi connectivity index (χ0v) is 16.4. The molecule has 2 aromatic carbocycles. The minimum absolute atomic E-state index is 0.193. The number of methoxy groups -OCH3 is 1. The number of hydrogen-bond donors (Lipinski definition) is 0. The Morgan fingerprint density at radius 1 is 1.11 bits per heavy atom. The second-order valence-electron chi connectivity index (χ2n) is 6.43. The van der Waals surface area contributed by atoms with E-state index >= 15 is 0 Å². The Kier molecular flexibility index (Phi) is 5.59. The van der Waals surface area contributed by atoms with Gasteiger partial charge < -0.3 is 9.47 Å². The molecular weight excluding hydrogens is 356 g/mol. The van der Waals surface area contributed by atoms with E-state index in [4.69, 9.17) is 9.47 Å². The van der Waals surface area contributed by atoms with Gasteiger partial charge in [0, 0.05) is 6.42 Å². The quantitative estimate of drug-likeness (QED) is 0.446. The summed E-state index contributed by atoms with van der Waals surface area (Å²) in [5.41, 5.74) is 3.71. The Balaban J connectivity index is 1.89. The molecule has 144 valence electrons. The van der Waals surface area contributed by atoms with Crippen molar-refractivity contribution in [1.82, 2.24) is 0 Å². The second kappa shape index (κ2) is 8.08. The van der Waals surface area contributed by atoms with Crippen molar-refractivity contribution in [1.29, 1.82) is 0 Å². The number of esters is 1. The lowest BCUT2D eigenvalue weighted by Crippen LogP contribution is -2.21. The third-order valence-electron chi connectivity index (χ3n) is 4.35. The Hall–Kier alpha value is -3.41. The lowest BCUT2D eigenvalue weighted by Gasteiger charge is -2.12. The fourth-order valence-corrected chi connectivity index (χ4v) is 2.77. The van der Waals surface area contributed by atoms with Crippen molar-refractivity contribution < 1.29 is 19.1 Å². The van der Waals surface area contributed by atoms with Gasteiger partial charge in [0.2, 0.25) is 0 Å². The van der Waals surface area contributed by atoms with Crippen molar-refractivity contribution in [2.24, 2.45) is 5.10 Å². The van der Waals surface area contributed by atoms with Crippen molar-refractivity contribution >= 4 is 29.4 Å². The van der Waals surface area contributed by atoms with Crippen molar-refractivity contribution in [3.63, 3.8) is 0 Å². The number of aryl methyl sites for hydroxylation is 1. The molecule has 0 saturated heterocycles. The summed E-state index contributed by atoms with van der Waals surface area (Å²) >= 11 is 0. The first-order valence-corrected chi connectivity index (χ1v) is 9.00. The summed E-state index contributed by atoms with van der Waals surface area (Å²) in [6.45, 7) is 5.51. The predicted molar refractivity (Wildman–Crippen MR) is 109 cm³/mol. The maximum atomic E-state index is 12.9. The van der Waals surface area contributed by atoms with E-state index in [0.29, 0.717) is 22.8 Å². The van der Waals surface area contributed by atoms with E-state index in [1.807, 2.05) is 31.2 Å². The fourth-order valence-electron chi connectivity index (χ4n) is 2.77. The highest BCUT2D eigenvalue weighted by Gasteiger charge is 2.28. The molecule has 2 aromatic rings. The largest absolute Gasteiger partial charge is 0.493 e. The van der Waals surface area contributed by atoms with E-state index in [0.717, 1.165) is 16.8 Å². The van der Waals surface area contributed by atoms with Crippen LogP contribution < -0.4 is 14.5 Å². The van der Waals surface area contributed by atoms with Crippen LogP contribution in [0.25, 0.3) is 6.08 Å². The number of anilines is 1. The maximum Gasteiger partial charge on any atom is 0.311 e. The van der Waals surface area contributed by atoms with E-state index in [9.17, 15) is 9.59 Å². The van der Waals surface area contributed by atoms with Gasteiger partial charge in [-0.3, -0.25) is 9.59 Å². The van der Waals surface area contributed by atoms with Gasteiger partial charge in [-0.05, 0) is 49.8 Å². The Labute approximate surface area is 164 Å². The van der Waals surface area contributed by atoms with Crippen molar-refractivity contribution in [2.75, 3.05) is 12.1 Å². The smallest absolute Gasteiger partial charge is 0.311 e. The molecule has 0 saturated carbocycles. The summed E-state index contributed by atoms with van der Waals surface area (Å²) in [5, 5.41) is 5.79. The molecule has 1 aliphatic heterocycles. The van der Waals surface area contributed by atoms with E-state index in [1.54, 1.807) is 38.1 Å². The number of ether oxygens (including phenoxy) is 2. The van der Waals surface area contributed by atoms with Gasteiger partial charge >= 0.3 is 5.97 Å². The highest BCUT2D eigenvalue weighted by atomic mass is 16.6. The Morgan fingerprint density at radius 3 is 2.46 bits per heavy atom. The molecular formula is C22H22N2O4. The van der Waals surface area contributed by atoms with Crippen LogP contribution in [0.1, 0.15) is 31.4 Å². The first-order valence-electron chi connectivity index (χ1n) is 9.00. The Morgan fingerprint density at radius 2 is 1.82 bits per heavy atom. The average molecular weight is 378 g/mol. The summed E-state index contributed by atoms with van der Waals surface area (Å²) in [6.07, 6.45) is 2.03. The number of nitrogens with zero attached hydrogens (tertiary/aromatic N) is 2. The van der Waals surface area contributed by atoms with Gasteiger partial charge in [-0.1, -0.05) is 30.7 Å². The van der Waals surface area contributed by atoms with Crippen LogP contribution in [0.15, 0.2) is 53.1 Å². The van der Waals surface area contributed by atoms with Gasteiger partial charge in [0.05, 0.1) is 24.1 Å². The van der Waals surface area contributed by atoms with Crippen LogP contribution in [0.4, 0.5) is 5.69 Å². The zero-order chi connectivity index (χ0) is 20.3. The Bertz CT molecular complexity index is 975. The monoisotopic (exact) mass is 378 g/mol. The van der Waals surface area contributed by atoms with Gasteiger partial charge in [-0.2, -0.15) is 10.1 Å². The van der Waals surface area contributed by atoms with Gasteiger partial charge in [0.25, 0.3) is 5.91 Å². The molecule has 0 radical (unpaired) electrons. The van der Waals surface area contributed by atoms with Crippen LogP contribution in [-0.4, -0.2) is 24.7 Å². The van der Waals surface area contributed by atoms with Crippen molar-refractivity contribution in [2.45, 2.75) is 27.2 Å². The predicted octanol–water partition coefficient (Wildman–Crippen LogP) is 4.13. The van der Waals surface area contributed by atoms with Crippen LogP contribution in [0, 0.1) is 6.92 Å². The molecule has 0 aliphatic carbocycles. The molecule has 0 unspecified atom stereocenters. The van der Waals surface area contributed by atoms with Crippen molar-refractivity contribution in [3.05, 3.63) is 59.2 Å². The second-order valence-corrected chi connectivity index (χ2v) is 6.43. The number of rotatable bonds is 5. The lowest BCUT2D eigenvalue weighted by atomic mass is 10.1. The molecule has 1 amide bonds. The van der Waals surface area contributed by atoms with E-state index in [2.05, 4.69) is 5.10 Å². The van der Waals surface area contributed by atoms with Crippen molar-refractivity contribution in [3.8, 4) is 11.5 Å². The average Bonchev–Trinajstić information content (AvgIpc) is 2.97. The molecule has 6 heteroatoms. The molecule has 6 nitrogen and oxygen atoms in total. The van der Waals surface area contributed by atoms with Gasteiger partial charge in [0.1, 0.15) is 0 Å². The lowest BCUT2D eigenvalue weighted by molar-refractivity contribution is -0.134. The topological polar surface area (TPSA) is 68.2 Å². The number of benzene rings is 2. The van der Waals surface area contributed by atoms with Crippen LogP contribution in [0.2, 0.25) is 0 Å². The van der Waals surface area contributed by atoms with Gasteiger partial charge in [-0.15, -0.1) is 0 Å². The molecule has 0 aromatic heterocycles. The molecule has 0 spiro atoms. The zero-order valence-electron chi connectivity index (χ0n) is 16.4. The van der Waals surface area contributed by atoms with Crippen LogP contribution in [0.5, 0.6) is 11.5 Å². The fraction of sp³-hybridized carbons (Fsp3) is 0.227. The minimum atomic E-state index is -0.341. The number of carbonyl (C=O) groups is 2. The number of hydrazone groups is 1. The molecule has 0 N–H and O–H groups in total. The third kappa shape index (κ3) is 3.96. The summed E-state index contributed by atoms with van der Waals surface area (Å²) in [5.74, 6) is 0.237. The molecule has 1 aliphatic rings. The highest BCUT2D eigenvalue weighted by Crippen LogP contribution is 2.31.